The van der Waals surface area contributed by atoms with Gasteiger partial charge < -0.3 is 4.74 Å². The maximum Gasteiger partial charge on any atom is 0.323 e. The van der Waals surface area contributed by atoms with Gasteiger partial charge in [0.1, 0.15) is 11.6 Å². The summed E-state index contributed by atoms with van der Waals surface area (Å²) in [5.41, 5.74) is -0.391. The Morgan fingerprint density at radius 1 is 1.23 bits per heavy atom. The molecule has 0 aromatic carbocycles. The summed E-state index contributed by atoms with van der Waals surface area (Å²) in [4.78, 5) is 15.0. The van der Waals surface area contributed by atoms with Gasteiger partial charge in [0.2, 0.25) is 0 Å². The van der Waals surface area contributed by atoms with Gasteiger partial charge in [-0.2, -0.15) is 0 Å². The van der Waals surface area contributed by atoms with Crippen LogP contribution in [0, 0.1) is 5.92 Å². The number of likely N-dealkylation sites (tertiary alicyclic amines) is 1. The fraction of sp³-hybridized carbons (Fsp3) is 0.941. The van der Waals surface area contributed by atoms with Gasteiger partial charge in [-0.05, 0) is 70.9 Å². The number of esters is 1. The average Bonchev–Trinajstić information content (AvgIpc) is 2.77. The lowest BCUT2D eigenvalue weighted by Gasteiger charge is -2.49. The number of carbonyl (C=O) groups excluding carboxylic acids is 1. The van der Waals surface area contributed by atoms with E-state index in [0.29, 0.717) is 16.0 Å². The minimum absolute atomic E-state index is 0.0228. The first kappa shape index (κ1) is 17.0. The Morgan fingerprint density at radius 2 is 1.91 bits per heavy atom. The van der Waals surface area contributed by atoms with Gasteiger partial charge in [0.25, 0.3) is 0 Å². The van der Waals surface area contributed by atoms with Gasteiger partial charge in [-0.15, -0.1) is 23.5 Å². The summed E-state index contributed by atoms with van der Waals surface area (Å²) in [7, 11) is 2.15. The van der Waals surface area contributed by atoms with Gasteiger partial charge in [0.15, 0.2) is 0 Å². The molecule has 0 amide bonds. The number of likely N-dealkylation sites (N-methyl/N-ethyl adjacent to an activating group) is 1. The minimum atomic E-state index is -0.391. The summed E-state index contributed by atoms with van der Waals surface area (Å²) >= 11 is 4.33. The molecule has 0 N–H and O–H groups in total. The second kappa shape index (κ2) is 6.21. The number of hydrogen-bond donors (Lipinski definition) is 0. The fourth-order valence-electron chi connectivity index (χ4n) is 4.35. The first-order valence-corrected chi connectivity index (χ1v) is 10.5. The molecule has 5 heteroatoms. The quantitative estimate of drug-likeness (QED) is 0.676. The van der Waals surface area contributed by atoms with Crippen molar-refractivity contribution in [3.8, 4) is 0 Å². The van der Waals surface area contributed by atoms with Crippen LogP contribution in [0.3, 0.4) is 0 Å². The number of nitrogens with zero attached hydrogens (tertiary/aromatic N) is 1. The molecule has 1 aliphatic carbocycles. The van der Waals surface area contributed by atoms with E-state index in [1.54, 1.807) is 0 Å². The highest BCUT2D eigenvalue weighted by molar-refractivity contribution is 8.18. The smallest absolute Gasteiger partial charge is 0.323 e. The molecule has 3 nitrogen and oxygen atoms in total. The van der Waals surface area contributed by atoms with E-state index in [9.17, 15) is 4.79 Å². The maximum atomic E-state index is 12.6. The summed E-state index contributed by atoms with van der Waals surface area (Å²) in [6.45, 7) is 5.88. The van der Waals surface area contributed by atoms with Gasteiger partial charge in [-0.1, -0.05) is 6.42 Å². The van der Waals surface area contributed by atoms with Crippen LogP contribution in [-0.2, 0) is 9.53 Å². The second-order valence-corrected chi connectivity index (χ2v) is 11.0. The number of carbonyl (C=O) groups is 1. The fourth-order valence-corrected chi connectivity index (χ4v) is 8.27. The Bertz CT molecular complexity index is 423. The minimum Gasteiger partial charge on any atom is -0.459 e. The maximum absolute atomic E-state index is 12.6. The zero-order valence-corrected chi connectivity index (χ0v) is 15.9. The van der Waals surface area contributed by atoms with E-state index in [1.165, 1.54) is 37.2 Å². The van der Waals surface area contributed by atoms with Crippen LogP contribution in [0.25, 0.3) is 0 Å². The van der Waals surface area contributed by atoms with Crippen LogP contribution < -0.4 is 0 Å². The van der Waals surface area contributed by atoms with Gasteiger partial charge in [-0.3, -0.25) is 9.69 Å². The first-order chi connectivity index (χ1) is 10.3. The molecule has 0 aromatic rings. The summed E-state index contributed by atoms with van der Waals surface area (Å²) in [5.74, 6) is 3.20. The van der Waals surface area contributed by atoms with Gasteiger partial charge >= 0.3 is 5.97 Å². The lowest BCUT2D eigenvalue weighted by Crippen LogP contribution is -2.53. The van der Waals surface area contributed by atoms with Crippen molar-refractivity contribution < 1.29 is 9.53 Å². The van der Waals surface area contributed by atoms with E-state index in [2.05, 4.69) is 35.5 Å². The van der Waals surface area contributed by atoms with E-state index in [0.717, 1.165) is 6.42 Å². The Morgan fingerprint density at radius 3 is 2.55 bits per heavy atom. The highest BCUT2D eigenvalue weighted by atomic mass is 32.2. The van der Waals surface area contributed by atoms with Crippen LogP contribution >= 0.6 is 23.5 Å². The van der Waals surface area contributed by atoms with Gasteiger partial charge in [-0.25, -0.2) is 0 Å². The van der Waals surface area contributed by atoms with E-state index in [-0.39, 0.29) is 12.0 Å². The Kier molecular flexibility index (Phi) is 4.79. The van der Waals surface area contributed by atoms with Crippen molar-refractivity contribution >= 4 is 29.5 Å². The number of fused-ring (bicyclic) bond motifs is 2. The standard InChI is InChI=1S/C17H29NO2S2/c1-16(2,3)20-15(19)13-11-12-7-5-8-17(14(12)18(13)4)21-9-6-10-22-17/h12-14H,5-11H2,1-4H3/t12-,13+,14+/m1/s1. The molecule has 0 unspecified atom stereocenters. The third-order valence-electron chi connectivity index (χ3n) is 5.11. The first-order valence-electron chi connectivity index (χ1n) is 8.55. The molecule has 3 rings (SSSR count). The van der Waals surface area contributed by atoms with Crippen molar-refractivity contribution in [1.82, 2.24) is 4.90 Å². The molecule has 22 heavy (non-hydrogen) atoms. The van der Waals surface area contributed by atoms with E-state index in [4.69, 9.17) is 4.74 Å². The van der Waals surface area contributed by atoms with Crippen LogP contribution in [-0.4, -0.2) is 51.2 Å². The number of thioether (sulfide) groups is 2. The predicted octanol–water partition coefficient (Wildman–Crippen LogP) is 3.77. The van der Waals surface area contributed by atoms with Crippen LogP contribution in [0.4, 0.5) is 0 Å². The Hall–Kier alpha value is 0.130. The van der Waals surface area contributed by atoms with Crippen molar-refractivity contribution in [3.63, 3.8) is 0 Å². The highest BCUT2D eigenvalue weighted by Crippen LogP contribution is 2.57. The number of hydrogen-bond acceptors (Lipinski definition) is 5. The lowest BCUT2D eigenvalue weighted by atomic mass is 9.84. The molecule has 1 saturated carbocycles. The molecule has 2 saturated heterocycles. The normalized spacial score (nSPS) is 35.4. The second-order valence-electron chi connectivity index (χ2n) is 7.91. The molecule has 1 spiro atoms. The molecule has 3 aliphatic rings. The molecule has 126 valence electrons. The molecular weight excluding hydrogens is 314 g/mol. The van der Waals surface area contributed by atoms with E-state index >= 15 is 0 Å². The third-order valence-corrected chi connectivity index (χ3v) is 8.68. The average molecular weight is 344 g/mol. The Balaban J connectivity index is 1.78. The highest BCUT2D eigenvalue weighted by Gasteiger charge is 2.56. The zero-order chi connectivity index (χ0) is 16.0. The van der Waals surface area contributed by atoms with Gasteiger partial charge in [0, 0.05) is 6.04 Å². The van der Waals surface area contributed by atoms with Gasteiger partial charge in [0.05, 0.1) is 4.08 Å². The molecule has 0 radical (unpaired) electrons. The molecular formula is C17H29NO2S2. The summed E-state index contributed by atoms with van der Waals surface area (Å²) in [5, 5.41) is 0. The largest absolute Gasteiger partial charge is 0.459 e. The molecule has 3 fully saturated rings. The SMILES string of the molecule is CN1[C@H]2[C@H](CCCC23SCCCS3)C[C@H]1C(=O)OC(C)(C)C. The van der Waals surface area contributed by atoms with Crippen LogP contribution in [0.5, 0.6) is 0 Å². The van der Waals surface area contributed by atoms with E-state index < -0.39 is 5.60 Å². The van der Waals surface area contributed by atoms with Crippen LogP contribution in [0.2, 0.25) is 0 Å². The molecule has 2 heterocycles. The summed E-state index contributed by atoms with van der Waals surface area (Å²) in [6.07, 6.45) is 6.20. The van der Waals surface area contributed by atoms with Crippen molar-refractivity contribution in [3.05, 3.63) is 0 Å². The predicted molar refractivity (Wildman–Crippen MR) is 95.4 cm³/mol. The molecule has 3 atom stereocenters. The van der Waals surface area contributed by atoms with Crippen molar-refractivity contribution in [2.24, 2.45) is 5.92 Å². The molecule has 2 aliphatic heterocycles. The third kappa shape index (κ3) is 3.18. The van der Waals surface area contributed by atoms with Crippen molar-refractivity contribution in [2.45, 2.75) is 74.6 Å². The summed E-state index contributed by atoms with van der Waals surface area (Å²) < 4.78 is 6.01. The number of ether oxygens (including phenoxy) is 1. The molecule has 0 bridgehead atoms. The topological polar surface area (TPSA) is 29.5 Å². The van der Waals surface area contributed by atoms with Crippen molar-refractivity contribution in [1.29, 1.82) is 0 Å². The summed E-state index contributed by atoms with van der Waals surface area (Å²) in [6, 6.07) is 0.487. The van der Waals surface area contributed by atoms with Crippen LogP contribution in [0.1, 0.15) is 52.9 Å². The van der Waals surface area contributed by atoms with E-state index in [1.807, 2.05) is 20.8 Å². The zero-order valence-electron chi connectivity index (χ0n) is 14.3. The monoisotopic (exact) mass is 343 g/mol. The molecule has 0 aromatic heterocycles. The van der Waals surface area contributed by atoms with Crippen LogP contribution in [0.15, 0.2) is 0 Å². The Labute approximate surface area is 143 Å². The van der Waals surface area contributed by atoms with Crippen molar-refractivity contribution in [2.75, 3.05) is 18.6 Å². The lowest BCUT2D eigenvalue weighted by molar-refractivity contribution is -0.160. The number of rotatable bonds is 1.